The summed E-state index contributed by atoms with van der Waals surface area (Å²) < 4.78 is 68.7. The molecule has 0 aliphatic rings. The average Bonchev–Trinajstić information content (AvgIpc) is 1.09. The van der Waals surface area contributed by atoms with Crippen molar-refractivity contribution in [3.8, 4) is 0 Å². The Morgan fingerprint density at radius 1 is 0.283 bits per heavy atom. The Bertz CT molecular complexity index is 1940. The molecule has 0 aromatic rings. The molecule has 4 unspecified atom stereocenters. The summed E-state index contributed by atoms with van der Waals surface area (Å²) in [6, 6.07) is 0. The predicted molar refractivity (Wildman–Crippen MR) is 404 cm³/mol. The highest BCUT2D eigenvalue weighted by Gasteiger charge is 2.30. The first-order chi connectivity index (χ1) is 47.7. The summed E-state index contributed by atoms with van der Waals surface area (Å²) in [5.74, 6) is 1.01. The van der Waals surface area contributed by atoms with Crippen molar-refractivity contribution in [2.45, 2.75) is 427 Å². The Labute approximate surface area is 607 Å². The zero-order valence-corrected chi connectivity index (χ0v) is 66.9. The molecular formula is C80H156O17P2. The molecule has 0 aromatic carbocycles. The highest BCUT2D eigenvalue weighted by molar-refractivity contribution is 7.47. The molecule has 0 saturated carbocycles. The van der Waals surface area contributed by atoms with Crippen LogP contribution in [0.5, 0.6) is 0 Å². The Balaban J connectivity index is 5.20. The number of ether oxygens (including phenoxy) is 4. The lowest BCUT2D eigenvalue weighted by Crippen LogP contribution is -2.30. The first-order valence-corrected chi connectivity index (χ1v) is 44.3. The minimum absolute atomic E-state index is 0.105. The molecule has 0 spiro atoms. The number of aliphatic hydroxyl groups is 1. The number of aliphatic hydroxyl groups excluding tert-OH is 1. The van der Waals surface area contributed by atoms with Crippen LogP contribution in [0.2, 0.25) is 0 Å². The number of carbonyl (C=O) groups excluding carboxylic acids is 4. The molecule has 0 aliphatic heterocycles. The summed E-state index contributed by atoms with van der Waals surface area (Å²) >= 11 is 0. The second-order valence-corrected chi connectivity index (χ2v) is 33.1. The predicted octanol–water partition coefficient (Wildman–Crippen LogP) is 23.6. The van der Waals surface area contributed by atoms with Crippen molar-refractivity contribution in [1.29, 1.82) is 0 Å². The molecule has 588 valence electrons. The van der Waals surface area contributed by atoms with E-state index < -0.39 is 97.5 Å². The number of unbranched alkanes of at least 4 members (excludes halogenated alkanes) is 41. The SMILES string of the molecule is CCC(C)CCCCCCCCCCCCCCCCC(=O)OC[C@H](COP(=O)(O)OC[C@@H](O)COP(=O)(O)OC[C@@H](COC(=O)CCCCCCCCC(C)CC)OC(=O)CCCCCCCCCCCCCCCCCCC(C)C)OC(=O)CCCCCCCCCCCC(C)C. The third-order valence-electron chi connectivity index (χ3n) is 19.3. The van der Waals surface area contributed by atoms with Crippen molar-refractivity contribution in [3.05, 3.63) is 0 Å². The molecule has 0 rings (SSSR count). The molecule has 0 fully saturated rings. The van der Waals surface area contributed by atoms with Crippen molar-refractivity contribution in [2.24, 2.45) is 23.7 Å². The Morgan fingerprint density at radius 3 is 0.717 bits per heavy atom. The lowest BCUT2D eigenvalue weighted by Gasteiger charge is -2.21. The maximum Gasteiger partial charge on any atom is 0.472 e. The van der Waals surface area contributed by atoms with Crippen LogP contribution in [-0.4, -0.2) is 96.7 Å². The standard InChI is InChI=1S/C80H156O17P2/c1-9-72(7)58-50-42-34-28-22-18-15-16-19-23-29-35-44-52-60-77(82)90-66-75(96-80(85)63-55-47-37-31-25-27-33-41-49-57-71(5)6)68-94-98(86,87)92-64-74(81)65-93-99(88,89)95-69-76(67-91-78(83)61-53-45-39-38-43-51-59-73(8)10-2)97-79(84)62-54-46-36-30-24-20-14-12-11-13-17-21-26-32-40-48-56-70(3)4/h70-76,81H,9-69H2,1-8H3,(H,86,87)(H,88,89)/t72?,73?,74-,75-,76-/m1/s1. The molecule has 0 saturated heterocycles. The van der Waals surface area contributed by atoms with E-state index in [1.807, 2.05) is 0 Å². The second-order valence-electron chi connectivity index (χ2n) is 30.2. The minimum Gasteiger partial charge on any atom is -0.462 e. The summed E-state index contributed by atoms with van der Waals surface area (Å²) in [7, 11) is -9.92. The summed E-state index contributed by atoms with van der Waals surface area (Å²) in [5.41, 5.74) is 0. The van der Waals surface area contributed by atoms with Gasteiger partial charge < -0.3 is 33.8 Å². The number of phosphoric ester groups is 2. The van der Waals surface area contributed by atoms with Gasteiger partial charge in [-0.3, -0.25) is 37.3 Å². The smallest absolute Gasteiger partial charge is 0.462 e. The van der Waals surface area contributed by atoms with Gasteiger partial charge in [0.2, 0.25) is 0 Å². The molecule has 99 heavy (non-hydrogen) atoms. The highest BCUT2D eigenvalue weighted by atomic mass is 31.2. The molecule has 17 nitrogen and oxygen atoms in total. The van der Waals surface area contributed by atoms with E-state index in [4.69, 9.17) is 37.0 Å². The Kier molecular flexibility index (Phi) is 67.8. The normalized spacial score (nSPS) is 14.6. The van der Waals surface area contributed by atoms with Crippen LogP contribution in [0.3, 0.4) is 0 Å². The van der Waals surface area contributed by atoms with E-state index in [2.05, 4.69) is 55.4 Å². The summed E-state index contributed by atoms with van der Waals surface area (Å²) in [5, 5.41) is 10.6. The van der Waals surface area contributed by atoms with Crippen LogP contribution in [0.4, 0.5) is 0 Å². The van der Waals surface area contributed by atoms with Gasteiger partial charge in [-0.15, -0.1) is 0 Å². The summed E-state index contributed by atoms with van der Waals surface area (Å²) in [4.78, 5) is 73.0. The van der Waals surface area contributed by atoms with E-state index in [-0.39, 0.29) is 25.7 Å². The monoisotopic (exact) mass is 1450 g/mol. The van der Waals surface area contributed by atoms with Crippen molar-refractivity contribution < 1.29 is 80.2 Å². The van der Waals surface area contributed by atoms with Crippen LogP contribution in [0.15, 0.2) is 0 Å². The number of carbonyl (C=O) groups is 4. The maximum absolute atomic E-state index is 13.1. The van der Waals surface area contributed by atoms with Gasteiger partial charge in [-0.05, 0) is 49.4 Å². The van der Waals surface area contributed by atoms with E-state index >= 15 is 0 Å². The number of rotatable bonds is 77. The quantitative estimate of drug-likeness (QED) is 0.0222. The highest BCUT2D eigenvalue weighted by Crippen LogP contribution is 2.45. The van der Waals surface area contributed by atoms with Gasteiger partial charge in [0, 0.05) is 25.7 Å². The van der Waals surface area contributed by atoms with Gasteiger partial charge in [0.25, 0.3) is 0 Å². The first-order valence-electron chi connectivity index (χ1n) is 41.3. The zero-order chi connectivity index (χ0) is 73.1. The van der Waals surface area contributed by atoms with E-state index in [9.17, 15) is 43.2 Å². The zero-order valence-electron chi connectivity index (χ0n) is 65.1. The van der Waals surface area contributed by atoms with Gasteiger partial charge >= 0.3 is 39.5 Å². The number of phosphoric acid groups is 2. The fraction of sp³-hybridized carbons (Fsp3) is 0.950. The van der Waals surface area contributed by atoms with Crippen molar-refractivity contribution in [3.63, 3.8) is 0 Å². The van der Waals surface area contributed by atoms with Gasteiger partial charge in [-0.1, -0.05) is 357 Å². The van der Waals surface area contributed by atoms with Gasteiger partial charge in [0.15, 0.2) is 12.2 Å². The van der Waals surface area contributed by atoms with Crippen LogP contribution in [0.25, 0.3) is 0 Å². The number of esters is 4. The lowest BCUT2D eigenvalue weighted by molar-refractivity contribution is -0.161. The molecule has 0 radical (unpaired) electrons. The van der Waals surface area contributed by atoms with Gasteiger partial charge in [-0.2, -0.15) is 0 Å². The van der Waals surface area contributed by atoms with Crippen molar-refractivity contribution in [2.75, 3.05) is 39.6 Å². The Morgan fingerprint density at radius 2 is 0.485 bits per heavy atom. The fourth-order valence-corrected chi connectivity index (χ4v) is 13.8. The van der Waals surface area contributed by atoms with Crippen LogP contribution in [0, 0.1) is 23.7 Å². The van der Waals surface area contributed by atoms with Crippen LogP contribution in [0.1, 0.15) is 409 Å². The Hall–Kier alpha value is -1.94. The number of hydrogen-bond donors (Lipinski definition) is 3. The van der Waals surface area contributed by atoms with Gasteiger partial charge in [0.05, 0.1) is 26.4 Å². The summed E-state index contributed by atoms with van der Waals surface area (Å²) in [6.45, 7) is 14.3. The molecule has 0 heterocycles. The third kappa shape index (κ3) is 71.5. The van der Waals surface area contributed by atoms with Gasteiger partial charge in [0.1, 0.15) is 19.3 Å². The van der Waals surface area contributed by atoms with Crippen LogP contribution in [-0.2, 0) is 65.4 Å². The molecular weight excluding hydrogens is 1290 g/mol. The van der Waals surface area contributed by atoms with E-state index in [0.29, 0.717) is 25.7 Å². The summed E-state index contributed by atoms with van der Waals surface area (Å²) in [6.07, 6.45) is 55.5. The average molecular weight is 1450 g/mol. The van der Waals surface area contributed by atoms with Crippen LogP contribution < -0.4 is 0 Å². The van der Waals surface area contributed by atoms with Crippen molar-refractivity contribution >= 4 is 39.5 Å². The lowest BCUT2D eigenvalue weighted by atomic mass is 9.99. The molecule has 0 aliphatic carbocycles. The van der Waals surface area contributed by atoms with Crippen LogP contribution >= 0.6 is 15.6 Å². The minimum atomic E-state index is -4.96. The topological polar surface area (TPSA) is 237 Å². The molecule has 19 heteroatoms. The van der Waals surface area contributed by atoms with Crippen molar-refractivity contribution in [1.82, 2.24) is 0 Å². The second kappa shape index (κ2) is 69.1. The molecule has 0 aromatic heterocycles. The third-order valence-corrected chi connectivity index (χ3v) is 21.2. The molecule has 3 N–H and O–H groups in total. The van der Waals surface area contributed by atoms with E-state index in [0.717, 1.165) is 120 Å². The van der Waals surface area contributed by atoms with E-state index in [1.54, 1.807) is 0 Å². The molecule has 7 atom stereocenters. The molecule has 0 amide bonds. The van der Waals surface area contributed by atoms with Gasteiger partial charge in [-0.25, -0.2) is 9.13 Å². The van der Waals surface area contributed by atoms with E-state index in [1.165, 1.54) is 205 Å². The maximum atomic E-state index is 13.1. The molecule has 0 bridgehead atoms. The first kappa shape index (κ1) is 97.1. The fourth-order valence-electron chi connectivity index (χ4n) is 12.2. The number of hydrogen-bond acceptors (Lipinski definition) is 15. The largest absolute Gasteiger partial charge is 0.472 e.